The number of rotatable bonds is 9. The molecule has 2 heteroatoms. The zero-order chi connectivity index (χ0) is 15.7. The van der Waals surface area contributed by atoms with Gasteiger partial charge in [0.1, 0.15) is 0 Å². The Morgan fingerprint density at radius 2 is 1.86 bits per heavy atom. The topological polar surface area (TPSA) is 29.1 Å². The second kappa shape index (κ2) is 9.38. The first-order chi connectivity index (χ1) is 10.0. The maximum atomic E-state index is 11.7. The largest absolute Gasteiger partial charge is 0.350 e. The van der Waals surface area contributed by atoms with Crippen molar-refractivity contribution < 1.29 is 4.79 Å². The summed E-state index contributed by atoms with van der Waals surface area (Å²) in [5.74, 6) is 0.565. The Kier molecular flexibility index (Phi) is 7.81. The minimum absolute atomic E-state index is 0.00967. The second-order valence-electron chi connectivity index (χ2n) is 5.98. The van der Waals surface area contributed by atoms with Gasteiger partial charge in [0.2, 0.25) is 5.91 Å². The van der Waals surface area contributed by atoms with Gasteiger partial charge < -0.3 is 5.32 Å². The van der Waals surface area contributed by atoms with Crippen LogP contribution in [0.3, 0.4) is 0 Å². The standard InChI is InChI=1S/C19H29NO/c1-5-10-18(20-19(21)15(2)3)14-9-11-16(4)17-12-7-6-8-13-17/h6-8,12-13,16,18H,2,5,9-11,14H2,1,3-4H3,(H,20,21). The molecule has 0 aliphatic carbocycles. The fraction of sp³-hybridized carbons (Fsp3) is 0.526. The van der Waals surface area contributed by atoms with Crippen LogP contribution in [0.1, 0.15) is 64.4 Å². The SMILES string of the molecule is C=C(C)C(=O)NC(CCC)CCCC(C)c1ccccc1. The first-order valence-electron chi connectivity index (χ1n) is 8.05. The molecule has 1 rings (SSSR count). The minimum atomic E-state index is -0.00967. The molecule has 116 valence electrons. The first-order valence-corrected chi connectivity index (χ1v) is 8.05. The molecular formula is C19H29NO. The first kappa shape index (κ1) is 17.5. The molecule has 2 nitrogen and oxygen atoms in total. The average molecular weight is 287 g/mol. The molecule has 0 aliphatic rings. The molecule has 1 aromatic rings. The van der Waals surface area contributed by atoms with Crippen LogP contribution >= 0.6 is 0 Å². The molecule has 0 saturated carbocycles. The summed E-state index contributed by atoms with van der Waals surface area (Å²) >= 11 is 0. The van der Waals surface area contributed by atoms with E-state index in [2.05, 4.69) is 56.1 Å². The van der Waals surface area contributed by atoms with Crippen LogP contribution in [0.25, 0.3) is 0 Å². The third-order valence-corrected chi connectivity index (χ3v) is 3.92. The van der Waals surface area contributed by atoms with Gasteiger partial charge >= 0.3 is 0 Å². The van der Waals surface area contributed by atoms with Gasteiger partial charge in [-0.25, -0.2) is 0 Å². The predicted molar refractivity (Wildman–Crippen MR) is 90.4 cm³/mol. The lowest BCUT2D eigenvalue weighted by Crippen LogP contribution is -2.35. The van der Waals surface area contributed by atoms with E-state index in [9.17, 15) is 4.79 Å². The predicted octanol–water partition coefficient (Wildman–Crippen LogP) is 4.82. The number of hydrogen-bond acceptors (Lipinski definition) is 1. The van der Waals surface area contributed by atoms with E-state index in [0.717, 1.165) is 32.1 Å². The molecule has 1 N–H and O–H groups in total. The lowest BCUT2D eigenvalue weighted by Gasteiger charge is -2.19. The number of carbonyl (C=O) groups is 1. The Balaban J connectivity index is 2.39. The third kappa shape index (κ3) is 6.61. The lowest BCUT2D eigenvalue weighted by atomic mass is 9.93. The van der Waals surface area contributed by atoms with Crippen molar-refractivity contribution in [3.63, 3.8) is 0 Å². The highest BCUT2D eigenvalue weighted by Crippen LogP contribution is 2.22. The zero-order valence-corrected chi connectivity index (χ0v) is 13.7. The highest BCUT2D eigenvalue weighted by molar-refractivity contribution is 5.92. The molecule has 0 heterocycles. The van der Waals surface area contributed by atoms with Crippen LogP contribution in [-0.4, -0.2) is 11.9 Å². The highest BCUT2D eigenvalue weighted by atomic mass is 16.1. The van der Waals surface area contributed by atoms with Gasteiger partial charge in [0.05, 0.1) is 0 Å². The molecule has 0 radical (unpaired) electrons. The van der Waals surface area contributed by atoms with E-state index >= 15 is 0 Å². The highest BCUT2D eigenvalue weighted by Gasteiger charge is 2.13. The van der Waals surface area contributed by atoms with E-state index in [0.29, 0.717) is 11.5 Å². The molecule has 1 amide bonds. The Hall–Kier alpha value is -1.57. The summed E-state index contributed by atoms with van der Waals surface area (Å²) in [6, 6.07) is 10.9. The maximum absolute atomic E-state index is 11.7. The smallest absolute Gasteiger partial charge is 0.246 e. The number of amides is 1. The molecule has 1 aromatic carbocycles. The quantitative estimate of drug-likeness (QED) is 0.648. The number of carbonyl (C=O) groups excluding carboxylic acids is 1. The summed E-state index contributed by atoms with van der Waals surface area (Å²) in [7, 11) is 0. The van der Waals surface area contributed by atoms with E-state index < -0.39 is 0 Å². The fourth-order valence-corrected chi connectivity index (χ4v) is 2.56. The number of benzene rings is 1. The molecule has 0 fully saturated rings. The van der Waals surface area contributed by atoms with Crippen molar-refractivity contribution in [1.29, 1.82) is 0 Å². The van der Waals surface area contributed by atoms with Gasteiger partial charge in [-0.1, -0.05) is 63.6 Å². The number of hydrogen-bond donors (Lipinski definition) is 1. The fourth-order valence-electron chi connectivity index (χ4n) is 2.56. The van der Waals surface area contributed by atoms with Crippen molar-refractivity contribution in [2.75, 3.05) is 0 Å². The Bertz CT molecular complexity index is 438. The van der Waals surface area contributed by atoms with Crippen LogP contribution in [-0.2, 0) is 4.79 Å². The third-order valence-electron chi connectivity index (χ3n) is 3.92. The van der Waals surface area contributed by atoms with E-state index in [1.54, 1.807) is 6.92 Å². The second-order valence-corrected chi connectivity index (χ2v) is 5.98. The molecule has 0 aliphatic heterocycles. The Labute approximate surface area is 129 Å². The van der Waals surface area contributed by atoms with Crippen LogP contribution in [0.2, 0.25) is 0 Å². The van der Waals surface area contributed by atoms with Gasteiger partial charge in [-0.3, -0.25) is 4.79 Å². The van der Waals surface area contributed by atoms with Gasteiger partial charge in [0.15, 0.2) is 0 Å². The minimum Gasteiger partial charge on any atom is -0.350 e. The van der Waals surface area contributed by atoms with Crippen molar-refractivity contribution >= 4 is 5.91 Å². The van der Waals surface area contributed by atoms with Crippen molar-refractivity contribution in [1.82, 2.24) is 5.32 Å². The van der Waals surface area contributed by atoms with Crippen molar-refractivity contribution in [2.24, 2.45) is 0 Å². The van der Waals surface area contributed by atoms with Crippen molar-refractivity contribution in [3.8, 4) is 0 Å². The molecule has 2 unspecified atom stereocenters. The summed E-state index contributed by atoms with van der Waals surface area (Å²) in [6.07, 6.45) is 5.47. The summed E-state index contributed by atoms with van der Waals surface area (Å²) < 4.78 is 0. The van der Waals surface area contributed by atoms with Crippen molar-refractivity contribution in [3.05, 3.63) is 48.0 Å². The molecule has 2 atom stereocenters. The Morgan fingerprint density at radius 1 is 1.19 bits per heavy atom. The molecule has 0 spiro atoms. The van der Waals surface area contributed by atoms with Crippen LogP contribution < -0.4 is 5.32 Å². The molecule has 0 saturated heterocycles. The molecule has 0 bridgehead atoms. The van der Waals surface area contributed by atoms with Gasteiger partial charge in [-0.15, -0.1) is 0 Å². The van der Waals surface area contributed by atoms with Crippen LogP contribution in [0.4, 0.5) is 0 Å². The molecular weight excluding hydrogens is 258 g/mol. The van der Waals surface area contributed by atoms with Crippen LogP contribution in [0.15, 0.2) is 42.5 Å². The zero-order valence-electron chi connectivity index (χ0n) is 13.7. The van der Waals surface area contributed by atoms with Gasteiger partial charge in [-0.2, -0.15) is 0 Å². The van der Waals surface area contributed by atoms with E-state index in [-0.39, 0.29) is 11.9 Å². The summed E-state index contributed by atoms with van der Waals surface area (Å²) in [4.78, 5) is 11.7. The van der Waals surface area contributed by atoms with Gasteiger partial charge in [0, 0.05) is 11.6 Å². The van der Waals surface area contributed by atoms with Gasteiger partial charge in [0.25, 0.3) is 0 Å². The maximum Gasteiger partial charge on any atom is 0.246 e. The number of nitrogens with one attached hydrogen (secondary N) is 1. The normalized spacial score (nSPS) is 13.5. The van der Waals surface area contributed by atoms with Gasteiger partial charge in [-0.05, 0) is 37.7 Å². The van der Waals surface area contributed by atoms with Crippen LogP contribution in [0.5, 0.6) is 0 Å². The molecule has 0 aromatic heterocycles. The van der Waals surface area contributed by atoms with E-state index in [1.165, 1.54) is 5.56 Å². The van der Waals surface area contributed by atoms with E-state index in [4.69, 9.17) is 0 Å². The van der Waals surface area contributed by atoms with Crippen LogP contribution in [0, 0.1) is 0 Å². The molecule has 21 heavy (non-hydrogen) atoms. The van der Waals surface area contributed by atoms with E-state index in [1.807, 2.05) is 0 Å². The van der Waals surface area contributed by atoms with Crippen molar-refractivity contribution in [2.45, 2.75) is 64.8 Å². The summed E-state index contributed by atoms with van der Waals surface area (Å²) in [5.41, 5.74) is 1.99. The summed E-state index contributed by atoms with van der Waals surface area (Å²) in [6.45, 7) is 9.90. The Morgan fingerprint density at radius 3 is 2.43 bits per heavy atom. The summed E-state index contributed by atoms with van der Waals surface area (Å²) in [5, 5.41) is 3.09. The lowest BCUT2D eigenvalue weighted by molar-refractivity contribution is -0.118. The monoisotopic (exact) mass is 287 g/mol. The average Bonchev–Trinajstić information content (AvgIpc) is 2.48.